The molecule has 0 unspecified atom stereocenters. The van der Waals surface area contributed by atoms with Gasteiger partial charge in [0.25, 0.3) is 0 Å². The van der Waals surface area contributed by atoms with Gasteiger partial charge in [-0.25, -0.2) is 17.5 Å². The molecule has 1 aromatic rings. The first-order valence-electron chi connectivity index (χ1n) is 6.55. The first-order valence-corrected chi connectivity index (χ1v) is 8.03. The Morgan fingerprint density at radius 3 is 2.20 bits per heavy atom. The van der Waals surface area contributed by atoms with Crippen molar-refractivity contribution in [3.63, 3.8) is 0 Å². The highest BCUT2D eigenvalue weighted by Gasteiger charge is 2.66. The number of sulfonamides is 1. The second-order valence-electron chi connectivity index (χ2n) is 6.47. The molecule has 0 heterocycles. The molecule has 0 bridgehead atoms. The van der Waals surface area contributed by atoms with Crippen molar-refractivity contribution in [3.8, 4) is 0 Å². The Morgan fingerprint density at radius 2 is 1.80 bits per heavy atom. The summed E-state index contributed by atoms with van der Waals surface area (Å²) in [6.45, 7) is 8.15. The summed E-state index contributed by atoms with van der Waals surface area (Å²) in [6, 6.07) is 3.76. The van der Waals surface area contributed by atoms with E-state index in [2.05, 4.69) is 4.72 Å². The van der Waals surface area contributed by atoms with Crippen molar-refractivity contribution in [2.75, 3.05) is 0 Å². The molecule has 1 saturated carbocycles. The molecule has 3 N–H and O–H groups in total. The summed E-state index contributed by atoms with van der Waals surface area (Å²) in [5.41, 5.74) is 5.68. The van der Waals surface area contributed by atoms with E-state index in [1.807, 2.05) is 27.7 Å². The van der Waals surface area contributed by atoms with Crippen molar-refractivity contribution in [3.05, 3.63) is 29.6 Å². The van der Waals surface area contributed by atoms with Crippen molar-refractivity contribution in [1.29, 1.82) is 0 Å². The number of nitrogens with two attached hydrogens (primary N) is 1. The Kier molecular flexibility index (Phi) is 3.48. The lowest BCUT2D eigenvalue weighted by Crippen LogP contribution is -2.30. The number of benzene rings is 1. The van der Waals surface area contributed by atoms with Crippen LogP contribution in [0.25, 0.3) is 0 Å². The van der Waals surface area contributed by atoms with Crippen molar-refractivity contribution in [1.82, 2.24) is 4.72 Å². The van der Waals surface area contributed by atoms with Crippen molar-refractivity contribution >= 4 is 10.0 Å². The van der Waals surface area contributed by atoms with Gasteiger partial charge in [0.1, 0.15) is 10.7 Å². The predicted octanol–water partition coefficient (Wildman–Crippen LogP) is 2.00. The van der Waals surface area contributed by atoms with E-state index in [4.69, 9.17) is 5.73 Å². The zero-order valence-electron chi connectivity index (χ0n) is 12.2. The minimum atomic E-state index is -3.86. The molecule has 2 rings (SSSR count). The molecule has 0 spiro atoms. The molecule has 1 fully saturated rings. The van der Waals surface area contributed by atoms with Crippen LogP contribution in [0.2, 0.25) is 0 Å². The van der Waals surface area contributed by atoms with Crippen LogP contribution in [0.3, 0.4) is 0 Å². The van der Waals surface area contributed by atoms with E-state index >= 15 is 0 Å². The fourth-order valence-electron chi connectivity index (χ4n) is 2.60. The lowest BCUT2D eigenvalue weighted by atomic mass is 10.0. The van der Waals surface area contributed by atoms with E-state index in [1.54, 1.807) is 0 Å². The van der Waals surface area contributed by atoms with Gasteiger partial charge >= 0.3 is 0 Å². The van der Waals surface area contributed by atoms with Crippen molar-refractivity contribution in [2.45, 2.75) is 45.2 Å². The van der Waals surface area contributed by atoms with Crippen LogP contribution in [0.15, 0.2) is 23.1 Å². The van der Waals surface area contributed by atoms with Gasteiger partial charge in [-0.2, -0.15) is 0 Å². The van der Waals surface area contributed by atoms with E-state index in [9.17, 15) is 12.8 Å². The molecule has 0 radical (unpaired) electrons. The molecule has 6 heteroatoms. The molecule has 0 aliphatic heterocycles. The fraction of sp³-hybridized carbons (Fsp3) is 0.571. The zero-order valence-corrected chi connectivity index (χ0v) is 13.0. The van der Waals surface area contributed by atoms with Gasteiger partial charge in [-0.15, -0.1) is 0 Å². The molecule has 0 amide bonds. The maximum Gasteiger partial charge on any atom is 0.243 e. The van der Waals surface area contributed by atoms with Crippen LogP contribution in [-0.4, -0.2) is 14.5 Å². The number of halogens is 1. The monoisotopic (exact) mass is 300 g/mol. The lowest BCUT2D eigenvalue weighted by molar-refractivity contribution is 0.457. The summed E-state index contributed by atoms with van der Waals surface area (Å²) in [5, 5.41) is 0. The average Bonchev–Trinajstić information content (AvgIpc) is 2.70. The molecular formula is C14H21FN2O2S. The van der Waals surface area contributed by atoms with Gasteiger partial charge in [-0.1, -0.05) is 33.8 Å². The maximum absolute atomic E-state index is 13.9. The minimum absolute atomic E-state index is 0.145. The molecule has 1 aliphatic rings. The van der Waals surface area contributed by atoms with Gasteiger partial charge in [0.05, 0.1) is 0 Å². The maximum atomic E-state index is 13.9. The molecular weight excluding hydrogens is 279 g/mol. The van der Waals surface area contributed by atoms with E-state index in [0.29, 0.717) is 5.56 Å². The second-order valence-corrected chi connectivity index (χ2v) is 8.15. The van der Waals surface area contributed by atoms with E-state index in [-0.39, 0.29) is 28.3 Å². The van der Waals surface area contributed by atoms with Gasteiger partial charge in [0.15, 0.2) is 0 Å². The molecule has 112 valence electrons. The van der Waals surface area contributed by atoms with Crippen molar-refractivity contribution < 1.29 is 12.8 Å². The minimum Gasteiger partial charge on any atom is -0.326 e. The fourth-order valence-corrected chi connectivity index (χ4v) is 4.19. The highest BCUT2D eigenvalue weighted by Crippen LogP contribution is 2.62. The van der Waals surface area contributed by atoms with Crippen LogP contribution in [-0.2, 0) is 16.6 Å². The molecule has 4 nitrogen and oxygen atoms in total. The van der Waals surface area contributed by atoms with E-state index in [0.717, 1.165) is 6.07 Å². The molecule has 0 aromatic heterocycles. The van der Waals surface area contributed by atoms with Crippen LogP contribution in [0, 0.1) is 16.6 Å². The first-order chi connectivity index (χ1) is 9.04. The van der Waals surface area contributed by atoms with Gasteiger partial charge in [0, 0.05) is 12.6 Å². The topological polar surface area (TPSA) is 72.2 Å². The van der Waals surface area contributed by atoms with Crippen LogP contribution in [0.1, 0.15) is 33.3 Å². The molecule has 0 atom stereocenters. The lowest BCUT2D eigenvalue weighted by Gasteiger charge is -2.10. The third-order valence-electron chi connectivity index (χ3n) is 4.82. The van der Waals surface area contributed by atoms with Crippen LogP contribution in [0.4, 0.5) is 4.39 Å². The van der Waals surface area contributed by atoms with Gasteiger partial charge < -0.3 is 5.73 Å². The third kappa shape index (κ3) is 2.25. The summed E-state index contributed by atoms with van der Waals surface area (Å²) in [7, 11) is -3.86. The summed E-state index contributed by atoms with van der Waals surface area (Å²) in [4.78, 5) is -0.326. The molecule has 20 heavy (non-hydrogen) atoms. The van der Waals surface area contributed by atoms with Crippen LogP contribution >= 0.6 is 0 Å². The molecule has 0 saturated heterocycles. The van der Waals surface area contributed by atoms with E-state index < -0.39 is 15.8 Å². The van der Waals surface area contributed by atoms with Gasteiger partial charge in [0.2, 0.25) is 10.0 Å². The quantitative estimate of drug-likeness (QED) is 0.893. The van der Waals surface area contributed by atoms with Crippen molar-refractivity contribution in [2.24, 2.45) is 16.6 Å². The number of hydrogen-bond donors (Lipinski definition) is 2. The Hall–Kier alpha value is -0.980. The van der Waals surface area contributed by atoms with Gasteiger partial charge in [-0.05, 0) is 28.5 Å². The average molecular weight is 300 g/mol. The number of hydrogen-bond acceptors (Lipinski definition) is 3. The Labute approximate surface area is 119 Å². The summed E-state index contributed by atoms with van der Waals surface area (Å²) >= 11 is 0. The predicted molar refractivity (Wildman–Crippen MR) is 76.0 cm³/mol. The Balaban J connectivity index is 2.29. The van der Waals surface area contributed by atoms with Gasteiger partial charge in [-0.3, -0.25) is 0 Å². The molecule has 1 aliphatic carbocycles. The SMILES string of the molecule is CC1(C)C(NS(=O)(=O)c2ccc(CN)cc2F)C1(C)C. The molecule has 1 aromatic carbocycles. The highest BCUT2D eigenvalue weighted by atomic mass is 32.2. The first kappa shape index (κ1) is 15.4. The highest BCUT2D eigenvalue weighted by molar-refractivity contribution is 7.89. The third-order valence-corrected chi connectivity index (χ3v) is 6.27. The summed E-state index contributed by atoms with van der Waals surface area (Å²) in [6.07, 6.45) is 0. The normalized spacial score (nSPS) is 20.9. The zero-order chi connectivity index (χ0) is 15.3. The van der Waals surface area contributed by atoms with Crippen LogP contribution in [0.5, 0.6) is 0 Å². The largest absolute Gasteiger partial charge is 0.326 e. The van der Waals surface area contributed by atoms with E-state index in [1.165, 1.54) is 12.1 Å². The Morgan fingerprint density at radius 1 is 1.25 bits per heavy atom. The summed E-state index contributed by atoms with van der Waals surface area (Å²) in [5.74, 6) is -0.767. The summed E-state index contributed by atoms with van der Waals surface area (Å²) < 4.78 is 41.1. The number of nitrogens with one attached hydrogen (secondary N) is 1. The second kappa shape index (κ2) is 4.51. The number of rotatable bonds is 4. The Bertz CT molecular complexity index is 625. The standard InChI is InChI=1S/C14H21FN2O2S/c1-13(2)12(14(13,3)4)17-20(18,19)11-6-5-9(8-16)7-10(11)15/h5-7,12,17H,8,16H2,1-4H3. The smallest absolute Gasteiger partial charge is 0.243 e. The van der Waals surface area contributed by atoms with Crippen LogP contribution < -0.4 is 10.5 Å².